The van der Waals surface area contributed by atoms with E-state index in [1.165, 1.54) is 28.6 Å². The summed E-state index contributed by atoms with van der Waals surface area (Å²) in [7, 11) is 1.50. The zero-order valence-electron chi connectivity index (χ0n) is 12.0. The molecular weight excluding hydrogens is 282 g/mol. The first-order valence-electron chi connectivity index (χ1n) is 6.42. The van der Waals surface area contributed by atoms with Gasteiger partial charge in [0, 0.05) is 19.3 Å². The fraction of sp³-hybridized carbons (Fsp3) is 0.750. The second-order valence-electron chi connectivity index (χ2n) is 5.16. The Hall–Kier alpha value is -1.44. The van der Waals surface area contributed by atoms with Crippen molar-refractivity contribution in [1.29, 1.82) is 0 Å². The first-order valence-corrected chi connectivity index (χ1v) is 7.57. The average molecular weight is 303 g/mol. The Labute approximate surface area is 122 Å². The molecule has 114 valence electrons. The summed E-state index contributed by atoms with van der Waals surface area (Å²) in [6.07, 6.45) is 0. The Bertz CT molecular complexity index is 389. The van der Waals surface area contributed by atoms with Crippen molar-refractivity contribution in [3.05, 3.63) is 0 Å². The summed E-state index contributed by atoms with van der Waals surface area (Å²) in [4.78, 5) is 37.3. The largest absolute Gasteiger partial charge is 0.480 e. The van der Waals surface area contributed by atoms with Crippen LogP contribution in [0.2, 0.25) is 0 Å². The second-order valence-corrected chi connectivity index (χ2v) is 6.16. The predicted molar refractivity (Wildman–Crippen MR) is 76.5 cm³/mol. The average Bonchev–Trinajstić information content (AvgIpc) is 2.84. The number of hydrogen-bond donors (Lipinski definition) is 2. The van der Waals surface area contributed by atoms with E-state index < -0.39 is 18.0 Å². The Balaban J connectivity index is 2.50. The molecule has 1 aliphatic rings. The fourth-order valence-electron chi connectivity index (χ4n) is 1.71. The van der Waals surface area contributed by atoms with Gasteiger partial charge in [-0.05, 0) is 5.92 Å². The molecule has 0 aromatic carbocycles. The van der Waals surface area contributed by atoms with Crippen LogP contribution in [0, 0.1) is 5.92 Å². The smallest absolute Gasteiger partial charge is 0.327 e. The van der Waals surface area contributed by atoms with E-state index in [2.05, 4.69) is 5.32 Å². The summed E-state index contributed by atoms with van der Waals surface area (Å²) >= 11 is 1.39. The third-order valence-electron chi connectivity index (χ3n) is 2.83. The third kappa shape index (κ3) is 4.59. The monoisotopic (exact) mass is 303 g/mol. The minimum absolute atomic E-state index is 0.0704. The molecule has 1 saturated heterocycles. The summed E-state index contributed by atoms with van der Waals surface area (Å²) in [6.45, 7) is 4.44. The van der Waals surface area contributed by atoms with Crippen LogP contribution in [-0.4, -0.2) is 70.6 Å². The number of hydrogen-bond acceptors (Lipinski definition) is 4. The zero-order valence-corrected chi connectivity index (χ0v) is 12.8. The molecule has 1 rings (SSSR count). The highest BCUT2D eigenvalue weighted by atomic mass is 32.2. The van der Waals surface area contributed by atoms with Crippen LogP contribution in [-0.2, 0) is 9.59 Å². The first-order chi connectivity index (χ1) is 9.32. The Kier molecular flexibility index (Phi) is 6.12. The van der Waals surface area contributed by atoms with Crippen LogP contribution in [0.1, 0.15) is 13.8 Å². The van der Waals surface area contributed by atoms with Crippen LogP contribution >= 0.6 is 11.8 Å². The first kappa shape index (κ1) is 16.6. The van der Waals surface area contributed by atoms with Gasteiger partial charge in [-0.25, -0.2) is 9.59 Å². The molecule has 1 aliphatic heterocycles. The predicted octanol–water partition coefficient (Wildman–Crippen LogP) is 0.270. The van der Waals surface area contributed by atoms with E-state index in [1.54, 1.807) is 0 Å². The van der Waals surface area contributed by atoms with Crippen LogP contribution in [0.15, 0.2) is 0 Å². The fourth-order valence-corrected chi connectivity index (χ4v) is 2.85. The van der Waals surface area contributed by atoms with Crippen molar-refractivity contribution in [1.82, 2.24) is 15.1 Å². The number of likely N-dealkylation sites (N-methyl/N-ethyl adjacent to an activating group) is 1. The van der Waals surface area contributed by atoms with Gasteiger partial charge < -0.3 is 20.2 Å². The van der Waals surface area contributed by atoms with Crippen LogP contribution in [0.3, 0.4) is 0 Å². The van der Waals surface area contributed by atoms with Crippen molar-refractivity contribution in [3.8, 4) is 0 Å². The van der Waals surface area contributed by atoms with Crippen LogP contribution in [0.4, 0.5) is 4.79 Å². The van der Waals surface area contributed by atoms with Gasteiger partial charge in [-0.3, -0.25) is 4.79 Å². The Morgan fingerprint density at radius 2 is 2.10 bits per heavy atom. The molecule has 0 spiro atoms. The molecule has 0 aliphatic carbocycles. The number of carbonyl (C=O) groups excluding carboxylic acids is 2. The molecular formula is C12H21N3O4S. The van der Waals surface area contributed by atoms with Crippen molar-refractivity contribution < 1.29 is 19.5 Å². The van der Waals surface area contributed by atoms with E-state index in [9.17, 15) is 14.4 Å². The highest BCUT2D eigenvalue weighted by molar-refractivity contribution is 7.99. The third-order valence-corrected chi connectivity index (χ3v) is 3.84. The molecule has 1 heterocycles. The van der Waals surface area contributed by atoms with Gasteiger partial charge in [-0.1, -0.05) is 13.8 Å². The summed E-state index contributed by atoms with van der Waals surface area (Å²) in [5.41, 5.74) is 0. The molecule has 1 fully saturated rings. The molecule has 0 bridgehead atoms. The molecule has 7 nitrogen and oxygen atoms in total. The molecule has 0 aromatic rings. The quantitative estimate of drug-likeness (QED) is 0.761. The minimum atomic E-state index is -1.01. The number of nitrogens with one attached hydrogen (secondary N) is 1. The van der Waals surface area contributed by atoms with Gasteiger partial charge in [0.25, 0.3) is 0 Å². The zero-order chi connectivity index (χ0) is 15.3. The maximum atomic E-state index is 12.1. The highest BCUT2D eigenvalue weighted by Gasteiger charge is 2.36. The molecule has 0 radical (unpaired) electrons. The second kappa shape index (κ2) is 7.37. The van der Waals surface area contributed by atoms with Gasteiger partial charge in [0.15, 0.2) is 0 Å². The van der Waals surface area contributed by atoms with E-state index in [-0.39, 0.29) is 12.5 Å². The van der Waals surface area contributed by atoms with Gasteiger partial charge in [-0.15, -0.1) is 11.8 Å². The van der Waals surface area contributed by atoms with Gasteiger partial charge in [0.2, 0.25) is 5.91 Å². The number of thioether (sulfide) groups is 1. The number of carboxylic acids is 1. The molecule has 2 N–H and O–H groups in total. The van der Waals surface area contributed by atoms with Crippen LogP contribution in [0.25, 0.3) is 0 Å². The van der Waals surface area contributed by atoms with Crippen molar-refractivity contribution >= 4 is 29.7 Å². The van der Waals surface area contributed by atoms with Gasteiger partial charge in [-0.2, -0.15) is 0 Å². The molecule has 1 atom stereocenters. The maximum Gasteiger partial charge on any atom is 0.327 e. The van der Waals surface area contributed by atoms with E-state index in [0.717, 1.165) is 0 Å². The van der Waals surface area contributed by atoms with Crippen LogP contribution < -0.4 is 5.32 Å². The summed E-state index contributed by atoms with van der Waals surface area (Å²) in [5.74, 6) is -0.192. The minimum Gasteiger partial charge on any atom is -0.480 e. The van der Waals surface area contributed by atoms with E-state index in [0.29, 0.717) is 24.1 Å². The molecule has 8 heteroatoms. The van der Waals surface area contributed by atoms with Crippen molar-refractivity contribution in [2.45, 2.75) is 19.9 Å². The Morgan fingerprint density at radius 3 is 2.65 bits per heavy atom. The highest BCUT2D eigenvalue weighted by Crippen LogP contribution is 2.22. The summed E-state index contributed by atoms with van der Waals surface area (Å²) in [5, 5.41) is 11.8. The van der Waals surface area contributed by atoms with Crippen molar-refractivity contribution in [3.63, 3.8) is 0 Å². The maximum absolute atomic E-state index is 12.1. The summed E-state index contributed by atoms with van der Waals surface area (Å²) in [6, 6.07) is -1.24. The number of carbonyl (C=O) groups is 3. The van der Waals surface area contributed by atoms with E-state index >= 15 is 0 Å². The molecule has 0 saturated carbocycles. The topological polar surface area (TPSA) is 90.0 Å². The lowest BCUT2D eigenvalue weighted by Crippen LogP contribution is -2.50. The molecule has 0 unspecified atom stereocenters. The number of aliphatic carboxylic acids is 1. The SMILES string of the molecule is CC(C)CNC(=O)CN(C)C(=O)N1CSC[C@H]1C(=O)O. The van der Waals surface area contributed by atoms with E-state index in [4.69, 9.17) is 5.11 Å². The number of rotatable bonds is 5. The van der Waals surface area contributed by atoms with Gasteiger partial charge >= 0.3 is 12.0 Å². The standard InChI is InChI=1S/C12H21N3O4S/c1-8(2)4-13-10(16)5-14(3)12(19)15-7-20-6-9(15)11(17)18/h8-9H,4-7H2,1-3H3,(H,13,16)(H,17,18)/t9-/m0/s1. The molecule has 3 amide bonds. The van der Waals surface area contributed by atoms with E-state index in [1.807, 2.05) is 13.8 Å². The molecule has 0 aromatic heterocycles. The normalized spacial score (nSPS) is 18.2. The number of carboxylic acid groups (broad SMARTS) is 1. The lowest BCUT2D eigenvalue weighted by molar-refractivity contribution is -0.140. The summed E-state index contributed by atoms with van der Waals surface area (Å²) < 4.78 is 0. The number of nitrogens with zero attached hydrogens (tertiary/aromatic N) is 2. The lowest BCUT2D eigenvalue weighted by atomic mass is 10.2. The van der Waals surface area contributed by atoms with Crippen molar-refractivity contribution in [2.24, 2.45) is 5.92 Å². The van der Waals surface area contributed by atoms with Gasteiger partial charge in [0.1, 0.15) is 12.6 Å². The van der Waals surface area contributed by atoms with Gasteiger partial charge in [0.05, 0.1) is 5.88 Å². The number of urea groups is 1. The Morgan fingerprint density at radius 1 is 1.45 bits per heavy atom. The molecule has 20 heavy (non-hydrogen) atoms. The van der Waals surface area contributed by atoms with Crippen LogP contribution in [0.5, 0.6) is 0 Å². The van der Waals surface area contributed by atoms with Crippen molar-refractivity contribution in [2.75, 3.05) is 31.8 Å². The number of amides is 3. The lowest BCUT2D eigenvalue weighted by Gasteiger charge is -2.26.